The number of hydrogen-bond acceptors (Lipinski definition) is 7. The molecule has 3 heterocycles. The van der Waals surface area contributed by atoms with Crippen molar-refractivity contribution in [3.8, 4) is 10.7 Å². The smallest absolute Gasteiger partial charge is 0.245 e. The fraction of sp³-hybridized carbons (Fsp3) is 0.636. The second kappa shape index (κ2) is 5.22. The molecule has 0 saturated carbocycles. The fourth-order valence-corrected chi connectivity index (χ4v) is 2.92. The van der Waals surface area contributed by atoms with Crippen LogP contribution < -0.4 is 10.2 Å². The van der Waals surface area contributed by atoms with Crippen LogP contribution in [0.5, 0.6) is 0 Å². The molecule has 19 heavy (non-hydrogen) atoms. The van der Waals surface area contributed by atoms with Crippen molar-refractivity contribution < 1.29 is 0 Å². The van der Waals surface area contributed by atoms with E-state index < -0.39 is 0 Å². The summed E-state index contributed by atoms with van der Waals surface area (Å²) < 4.78 is 3.98. The number of aromatic nitrogens is 5. The molecule has 1 aliphatic rings. The summed E-state index contributed by atoms with van der Waals surface area (Å²) in [6.07, 6.45) is 0.854. The van der Waals surface area contributed by atoms with Gasteiger partial charge in [-0.2, -0.15) is 4.98 Å². The molecule has 0 amide bonds. The summed E-state index contributed by atoms with van der Waals surface area (Å²) in [5, 5.41) is 14.8. The molecular weight excluding hydrogens is 262 g/mol. The van der Waals surface area contributed by atoms with Crippen LogP contribution in [0.25, 0.3) is 10.7 Å². The maximum atomic E-state index is 4.58. The summed E-state index contributed by atoms with van der Waals surface area (Å²) in [5.41, 5.74) is 0.973. The van der Waals surface area contributed by atoms with Gasteiger partial charge in [0.25, 0.3) is 0 Å². The average molecular weight is 279 g/mol. The van der Waals surface area contributed by atoms with Gasteiger partial charge in [-0.3, -0.25) is 5.10 Å². The van der Waals surface area contributed by atoms with Gasteiger partial charge in [-0.25, -0.2) is 0 Å². The van der Waals surface area contributed by atoms with Gasteiger partial charge in [0.2, 0.25) is 5.95 Å². The van der Waals surface area contributed by atoms with E-state index in [1.54, 1.807) is 0 Å². The SMILES string of the molecule is CCc1nnsc1-c1nc(N2CCNC(C)C2)n[nH]1. The van der Waals surface area contributed by atoms with Crippen LogP contribution in [-0.2, 0) is 6.42 Å². The molecule has 7 nitrogen and oxygen atoms in total. The summed E-state index contributed by atoms with van der Waals surface area (Å²) in [6.45, 7) is 7.06. The lowest BCUT2D eigenvalue weighted by Crippen LogP contribution is -2.49. The normalized spacial score (nSPS) is 19.9. The molecule has 2 aromatic heterocycles. The Morgan fingerprint density at radius 2 is 2.37 bits per heavy atom. The first-order valence-electron chi connectivity index (χ1n) is 6.50. The van der Waals surface area contributed by atoms with Gasteiger partial charge in [-0.05, 0) is 24.9 Å². The molecule has 1 atom stereocenters. The van der Waals surface area contributed by atoms with Gasteiger partial charge >= 0.3 is 0 Å². The molecule has 8 heteroatoms. The highest BCUT2D eigenvalue weighted by molar-refractivity contribution is 7.09. The fourth-order valence-electron chi connectivity index (χ4n) is 2.23. The number of hydrogen-bond donors (Lipinski definition) is 2. The van der Waals surface area contributed by atoms with E-state index >= 15 is 0 Å². The first kappa shape index (κ1) is 12.5. The summed E-state index contributed by atoms with van der Waals surface area (Å²) in [4.78, 5) is 7.77. The Labute approximate surface area is 115 Å². The van der Waals surface area contributed by atoms with Crippen molar-refractivity contribution in [3.63, 3.8) is 0 Å². The number of aryl methyl sites for hydroxylation is 1. The molecule has 0 aliphatic carbocycles. The molecule has 0 aromatic carbocycles. The molecule has 1 fully saturated rings. The van der Waals surface area contributed by atoms with Crippen LogP contribution in [0.15, 0.2) is 0 Å². The highest BCUT2D eigenvalue weighted by atomic mass is 32.1. The van der Waals surface area contributed by atoms with Crippen LogP contribution in [0.2, 0.25) is 0 Å². The van der Waals surface area contributed by atoms with E-state index in [9.17, 15) is 0 Å². The predicted octanol–water partition coefficient (Wildman–Crippen LogP) is 0.684. The van der Waals surface area contributed by atoms with Gasteiger partial charge in [0, 0.05) is 25.7 Å². The minimum Gasteiger partial charge on any atom is -0.337 e. The van der Waals surface area contributed by atoms with Crippen LogP contribution in [0.4, 0.5) is 5.95 Å². The third-order valence-electron chi connectivity index (χ3n) is 3.23. The zero-order valence-corrected chi connectivity index (χ0v) is 11.9. The first-order valence-corrected chi connectivity index (χ1v) is 7.27. The van der Waals surface area contributed by atoms with Gasteiger partial charge in [0.1, 0.15) is 4.88 Å². The predicted molar refractivity (Wildman–Crippen MR) is 74.3 cm³/mol. The third-order valence-corrected chi connectivity index (χ3v) is 4.01. The highest BCUT2D eigenvalue weighted by Gasteiger charge is 2.21. The molecule has 1 unspecified atom stereocenters. The number of nitrogens with one attached hydrogen (secondary N) is 2. The molecule has 2 N–H and O–H groups in total. The van der Waals surface area contributed by atoms with Crippen molar-refractivity contribution in [1.29, 1.82) is 0 Å². The van der Waals surface area contributed by atoms with Gasteiger partial charge in [-0.1, -0.05) is 11.4 Å². The second-order valence-electron chi connectivity index (χ2n) is 4.69. The van der Waals surface area contributed by atoms with Crippen molar-refractivity contribution in [2.45, 2.75) is 26.3 Å². The minimum absolute atomic E-state index is 0.465. The lowest BCUT2D eigenvalue weighted by atomic mass is 10.2. The van der Waals surface area contributed by atoms with Crippen LogP contribution >= 0.6 is 11.5 Å². The Morgan fingerprint density at radius 3 is 3.16 bits per heavy atom. The van der Waals surface area contributed by atoms with Crippen molar-refractivity contribution in [2.75, 3.05) is 24.5 Å². The monoisotopic (exact) mass is 279 g/mol. The molecular formula is C11H17N7S. The lowest BCUT2D eigenvalue weighted by molar-refractivity contribution is 0.480. The van der Waals surface area contributed by atoms with Gasteiger partial charge in [0.15, 0.2) is 5.82 Å². The molecule has 102 valence electrons. The maximum absolute atomic E-state index is 4.58. The molecule has 1 saturated heterocycles. The van der Waals surface area contributed by atoms with E-state index in [1.807, 2.05) is 0 Å². The zero-order valence-electron chi connectivity index (χ0n) is 11.1. The Balaban J connectivity index is 1.83. The summed E-state index contributed by atoms with van der Waals surface area (Å²) >= 11 is 1.36. The van der Waals surface area contributed by atoms with Crippen molar-refractivity contribution in [1.82, 2.24) is 30.1 Å². The number of H-pyrrole nitrogens is 1. The van der Waals surface area contributed by atoms with Gasteiger partial charge in [0.05, 0.1) is 5.69 Å². The summed E-state index contributed by atoms with van der Waals surface area (Å²) in [6, 6.07) is 0.465. The number of rotatable bonds is 3. The van der Waals surface area contributed by atoms with Crippen LogP contribution in [0, 0.1) is 0 Å². The van der Waals surface area contributed by atoms with E-state index in [4.69, 9.17) is 0 Å². The lowest BCUT2D eigenvalue weighted by Gasteiger charge is -2.30. The van der Waals surface area contributed by atoms with Gasteiger partial charge in [-0.15, -0.1) is 10.2 Å². The van der Waals surface area contributed by atoms with Crippen molar-refractivity contribution in [3.05, 3.63) is 5.69 Å². The van der Waals surface area contributed by atoms with E-state index in [0.29, 0.717) is 6.04 Å². The molecule has 2 aromatic rings. The van der Waals surface area contributed by atoms with Crippen LogP contribution in [0.3, 0.4) is 0 Å². The van der Waals surface area contributed by atoms with E-state index in [0.717, 1.165) is 48.4 Å². The first-order chi connectivity index (χ1) is 9.28. The summed E-state index contributed by atoms with van der Waals surface area (Å²) in [7, 11) is 0. The Morgan fingerprint density at radius 1 is 1.47 bits per heavy atom. The topological polar surface area (TPSA) is 82.6 Å². The van der Waals surface area contributed by atoms with Gasteiger partial charge < -0.3 is 10.2 Å². The number of anilines is 1. The molecule has 3 rings (SSSR count). The standard InChI is InChI=1S/C11H17N7S/c1-3-8-9(19-17-14-8)10-13-11(16-15-10)18-5-4-12-7(2)6-18/h7,12H,3-6H2,1-2H3,(H,13,15,16). The van der Waals surface area contributed by atoms with Crippen LogP contribution in [-0.4, -0.2) is 50.4 Å². The van der Waals surface area contributed by atoms with E-state index in [2.05, 4.69) is 48.8 Å². The molecule has 0 spiro atoms. The zero-order chi connectivity index (χ0) is 13.2. The second-order valence-corrected chi connectivity index (χ2v) is 5.44. The maximum Gasteiger partial charge on any atom is 0.245 e. The molecule has 1 aliphatic heterocycles. The largest absolute Gasteiger partial charge is 0.337 e. The average Bonchev–Trinajstić information content (AvgIpc) is 3.07. The highest BCUT2D eigenvalue weighted by Crippen LogP contribution is 2.24. The third kappa shape index (κ3) is 2.45. The molecule has 0 bridgehead atoms. The van der Waals surface area contributed by atoms with Crippen LogP contribution in [0.1, 0.15) is 19.5 Å². The minimum atomic E-state index is 0.465. The van der Waals surface area contributed by atoms with E-state index in [-0.39, 0.29) is 0 Å². The molecule has 0 radical (unpaired) electrons. The Kier molecular flexibility index (Phi) is 3.43. The number of aromatic amines is 1. The number of nitrogens with zero attached hydrogens (tertiary/aromatic N) is 5. The Hall–Kier alpha value is -1.54. The number of piperazine rings is 1. The summed E-state index contributed by atoms with van der Waals surface area (Å²) in [5.74, 6) is 1.53. The quantitative estimate of drug-likeness (QED) is 0.860. The Bertz CT molecular complexity index is 549. The van der Waals surface area contributed by atoms with Crippen molar-refractivity contribution >= 4 is 17.5 Å². The van der Waals surface area contributed by atoms with E-state index in [1.165, 1.54) is 11.5 Å². The van der Waals surface area contributed by atoms with Crippen molar-refractivity contribution in [2.24, 2.45) is 0 Å².